The molecule has 1 amide bonds. The SMILES string of the molecule is C=CCC(C)NC(=O)c1c(Br)cccc1Br. The summed E-state index contributed by atoms with van der Waals surface area (Å²) in [6.07, 6.45) is 2.55. The Hall–Kier alpha value is -0.610. The minimum atomic E-state index is -0.0892. The summed E-state index contributed by atoms with van der Waals surface area (Å²) < 4.78 is 1.57. The van der Waals surface area contributed by atoms with Crippen molar-refractivity contribution >= 4 is 37.8 Å². The zero-order chi connectivity index (χ0) is 12.1. The molecule has 0 saturated carbocycles. The summed E-state index contributed by atoms with van der Waals surface area (Å²) in [5, 5.41) is 2.91. The van der Waals surface area contributed by atoms with Gasteiger partial charge in [0.1, 0.15) is 0 Å². The lowest BCUT2D eigenvalue weighted by Crippen LogP contribution is -2.32. The average Bonchev–Trinajstić information content (AvgIpc) is 2.17. The summed E-state index contributed by atoms with van der Waals surface area (Å²) >= 11 is 6.73. The van der Waals surface area contributed by atoms with E-state index in [9.17, 15) is 4.79 Å². The van der Waals surface area contributed by atoms with Gasteiger partial charge in [-0.1, -0.05) is 12.1 Å². The second-order valence-electron chi connectivity index (χ2n) is 3.50. The summed E-state index contributed by atoms with van der Waals surface area (Å²) in [6.45, 7) is 5.59. The smallest absolute Gasteiger partial charge is 0.253 e. The molecule has 1 N–H and O–H groups in total. The lowest BCUT2D eigenvalue weighted by Gasteiger charge is -2.13. The summed E-state index contributed by atoms with van der Waals surface area (Å²) in [4.78, 5) is 12.0. The van der Waals surface area contributed by atoms with E-state index in [4.69, 9.17) is 0 Å². The third kappa shape index (κ3) is 3.46. The van der Waals surface area contributed by atoms with Crippen molar-refractivity contribution in [3.05, 3.63) is 45.4 Å². The molecule has 0 saturated heterocycles. The lowest BCUT2D eigenvalue weighted by atomic mass is 10.2. The molecule has 0 bridgehead atoms. The first-order valence-electron chi connectivity index (χ1n) is 4.92. The van der Waals surface area contributed by atoms with Gasteiger partial charge in [-0.3, -0.25) is 4.79 Å². The molecule has 2 nitrogen and oxygen atoms in total. The second-order valence-corrected chi connectivity index (χ2v) is 5.20. The Labute approximate surface area is 112 Å². The number of hydrogen-bond donors (Lipinski definition) is 1. The Morgan fingerprint density at radius 2 is 2.06 bits per heavy atom. The van der Waals surface area contributed by atoms with Crippen LogP contribution < -0.4 is 5.32 Å². The number of carbonyl (C=O) groups excluding carboxylic acids is 1. The Morgan fingerprint density at radius 1 is 1.50 bits per heavy atom. The fourth-order valence-electron chi connectivity index (χ4n) is 1.32. The largest absolute Gasteiger partial charge is 0.349 e. The van der Waals surface area contributed by atoms with Crippen LogP contribution in [0, 0.1) is 0 Å². The Bertz CT molecular complexity index is 384. The minimum absolute atomic E-state index is 0.0870. The molecular formula is C12H13Br2NO. The molecule has 0 aliphatic carbocycles. The molecule has 86 valence electrons. The van der Waals surface area contributed by atoms with Crippen LogP contribution in [0.3, 0.4) is 0 Å². The predicted octanol–water partition coefficient (Wildman–Crippen LogP) is 3.91. The highest BCUT2D eigenvalue weighted by Crippen LogP contribution is 2.25. The molecule has 1 aromatic carbocycles. The fraction of sp³-hybridized carbons (Fsp3) is 0.250. The standard InChI is InChI=1S/C12H13Br2NO/c1-3-5-8(2)15-12(16)11-9(13)6-4-7-10(11)14/h3-4,6-8H,1,5H2,2H3,(H,15,16). The summed E-state index contributed by atoms with van der Waals surface area (Å²) in [6, 6.07) is 5.65. The molecule has 0 aromatic heterocycles. The van der Waals surface area contributed by atoms with Gasteiger partial charge < -0.3 is 5.32 Å². The Kier molecular flexibility index (Phi) is 5.22. The quantitative estimate of drug-likeness (QED) is 0.823. The summed E-state index contributed by atoms with van der Waals surface area (Å²) in [5.41, 5.74) is 0.624. The maximum absolute atomic E-state index is 12.0. The van der Waals surface area contributed by atoms with Crippen LogP contribution in [0.4, 0.5) is 0 Å². The van der Waals surface area contributed by atoms with Crippen molar-refractivity contribution in [2.75, 3.05) is 0 Å². The second kappa shape index (κ2) is 6.21. The number of amides is 1. The van der Waals surface area contributed by atoms with Gasteiger partial charge >= 0.3 is 0 Å². The van der Waals surface area contributed by atoms with Gasteiger partial charge in [0.25, 0.3) is 5.91 Å². The molecule has 4 heteroatoms. The number of hydrogen-bond acceptors (Lipinski definition) is 1. The van der Waals surface area contributed by atoms with E-state index in [2.05, 4.69) is 43.8 Å². The molecule has 1 rings (SSSR count). The van der Waals surface area contributed by atoms with Crippen molar-refractivity contribution in [2.24, 2.45) is 0 Å². The monoisotopic (exact) mass is 345 g/mol. The van der Waals surface area contributed by atoms with Crippen LogP contribution in [0.5, 0.6) is 0 Å². The van der Waals surface area contributed by atoms with E-state index in [1.807, 2.05) is 25.1 Å². The molecule has 0 aliphatic heterocycles. The average molecular weight is 347 g/mol. The number of halogens is 2. The first kappa shape index (κ1) is 13.5. The summed E-state index contributed by atoms with van der Waals surface area (Å²) in [5.74, 6) is -0.0892. The third-order valence-electron chi connectivity index (χ3n) is 2.09. The van der Waals surface area contributed by atoms with Gasteiger partial charge in [0.2, 0.25) is 0 Å². The minimum Gasteiger partial charge on any atom is -0.349 e. The van der Waals surface area contributed by atoms with Crippen LogP contribution in [0.2, 0.25) is 0 Å². The van der Waals surface area contributed by atoms with Crippen LogP contribution >= 0.6 is 31.9 Å². The number of rotatable bonds is 4. The van der Waals surface area contributed by atoms with E-state index in [-0.39, 0.29) is 11.9 Å². The first-order valence-corrected chi connectivity index (χ1v) is 6.50. The van der Waals surface area contributed by atoms with Gasteiger partial charge in [-0.05, 0) is 57.3 Å². The molecule has 1 aromatic rings. The van der Waals surface area contributed by atoms with Crippen LogP contribution in [0.25, 0.3) is 0 Å². The van der Waals surface area contributed by atoms with E-state index in [0.717, 1.165) is 15.4 Å². The molecule has 16 heavy (non-hydrogen) atoms. The lowest BCUT2D eigenvalue weighted by molar-refractivity contribution is 0.0939. The van der Waals surface area contributed by atoms with E-state index in [0.29, 0.717) is 5.56 Å². The number of benzene rings is 1. The van der Waals surface area contributed by atoms with Crippen molar-refractivity contribution < 1.29 is 4.79 Å². The van der Waals surface area contributed by atoms with Crippen molar-refractivity contribution in [1.82, 2.24) is 5.32 Å². The van der Waals surface area contributed by atoms with Gasteiger partial charge in [0.05, 0.1) is 5.56 Å². The van der Waals surface area contributed by atoms with Crippen LogP contribution in [0.15, 0.2) is 39.8 Å². The van der Waals surface area contributed by atoms with Gasteiger partial charge in [-0.25, -0.2) is 0 Å². The Morgan fingerprint density at radius 3 is 2.56 bits per heavy atom. The zero-order valence-corrected chi connectivity index (χ0v) is 12.1. The van der Waals surface area contributed by atoms with Crippen molar-refractivity contribution in [2.45, 2.75) is 19.4 Å². The van der Waals surface area contributed by atoms with Crippen molar-refractivity contribution in [1.29, 1.82) is 0 Å². The molecule has 0 radical (unpaired) electrons. The molecular weight excluding hydrogens is 334 g/mol. The van der Waals surface area contributed by atoms with E-state index in [1.165, 1.54) is 0 Å². The zero-order valence-electron chi connectivity index (χ0n) is 8.97. The van der Waals surface area contributed by atoms with Crippen LogP contribution in [-0.4, -0.2) is 11.9 Å². The van der Waals surface area contributed by atoms with Gasteiger partial charge in [-0.2, -0.15) is 0 Å². The van der Waals surface area contributed by atoms with E-state index < -0.39 is 0 Å². The molecule has 1 atom stereocenters. The molecule has 0 spiro atoms. The van der Waals surface area contributed by atoms with Gasteiger partial charge in [0.15, 0.2) is 0 Å². The highest BCUT2D eigenvalue weighted by Gasteiger charge is 2.15. The van der Waals surface area contributed by atoms with E-state index >= 15 is 0 Å². The normalized spacial score (nSPS) is 11.9. The van der Waals surface area contributed by atoms with Gasteiger partial charge in [-0.15, -0.1) is 6.58 Å². The van der Waals surface area contributed by atoms with Crippen LogP contribution in [0.1, 0.15) is 23.7 Å². The molecule has 0 heterocycles. The fourth-order valence-corrected chi connectivity index (χ4v) is 2.68. The number of carbonyl (C=O) groups is 1. The topological polar surface area (TPSA) is 29.1 Å². The predicted molar refractivity (Wildman–Crippen MR) is 73.6 cm³/mol. The Balaban J connectivity index is 2.84. The molecule has 0 fully saturated rings. The highest BCUT2D eigenvalue weighted by atomic mass is 79.9. The van der Waals surface area contributed by atoms with Crippen molar-refractivity contribution in [3.8, 4) is 0 Å². The van der Waals surface area contributed by atoms with Gasteiger partial charge in [0, 0.05) is 15.0 Å². The molecule has 1 unspecified atom stereocenters. The van der Waals surface area contributed by atoms with Crippen LogP contribution in [-0.2, 0) is 0 Å². The highest BCUT2D eigenvalue weighted by molar-refractivity contribution is 9.11. The maximum atomic E-state index is 12.0. The van der Waals surface area contributed by atoms with Crippen molar-refractivity contribution in [3.63, 3.8) is 0 Å². The third-order valence-corrected chi connectivity index (χ3v) is 3.41. The first-order chi connectivity index (χ1) is 7.56. The van der Waals surface area contributed by atoms with E-state index in [1.54, 1.807) is 6.08 Å². The summed E-state index contributed by atoms with van der Waals surface area (Å²) in [7, 11) is 0. The molecule has 0 aliphatic rings. The maximum Gasteiger partial charge on any atom is 0.253 e. The number of nitrogens with one attached hydrogen (secondary N) is 1.